The normalized spacial score (nSPS) is 12.9. The van der Waals surface area contributed by atoms with Gasteiger partial charge in [-0.15, -0.1) is 10.2 Å². The zero-order valence-corrected chi connectivity index (χ0v) is 22.4. The Morgan fingerprint density at radius 3 is 2.34 bits per heavy atom. The van der Waals surface area contributed by atoms with Gasteiger partial charge < -0.3 is 15.2 Å². The lowest BCUT2D eigenvalue weighted by Gasteiger charge is -2.22. The molecule has 186 valence electrons. The molecule has 3 rings (SSSR count). The van der Waals surface area contributed by atoms with E-state index in [4.69, 9.17) is 23.2 Å². The van der Waals surface area contributed by atoms with Crippen LogP contribution < -0.4 is 10.6 Å². The molecule has 1 aromatic heterocycles. The first-order valence-corrected chi connectivity index (χ1v) is 13.1. The summed E-state index contributed by atoms with van der Waals surface area (Å²) in [6, 6.07) is 14.1. The summed E-state index contributed by atoms with van der Waals surface area (Å²) in [5, 5.41) is 16.1. The van der Waals surface area contributed by atoms with E-state index in [0.717, 1.165) is 5.56 Å². The SMILES string of the molecule is CCn1c(SCC(=O)N[C@H](C)c2ccccc2)nnc1[C@@H](NC(=O)c1ccc(Cl)c(Cl)c1)C(C)C. The molecule has 0 saturated heterocycles. The molecule has 2 atom stereocenters. The Balaban J connectivity index is 1.69. The third kappa shape index (κ3) is 6.99. The highest BCUT2D eigenvalue weighted by molar-refractivity contribution is 7.99. The molecule has 0 unspecified atom stereocenters. The number of benzene rings is 2. The van der Waals surface area contributed by atoms with Gasteiger partial charge in [-0.2, -0.15) is 0 Å². The van der Waals surface area contributed by atoms with Gasteiger partial charge in [0.2, 0.25) is 5.91 Å². The first-order chi connectivity index (χ1) is 16.7. The summed E-state index contributed by atoms with van der Waals surface area (Å²) in [6.45, 7) is 8.53. The number of aromatic nitrogens is 3. The highest BCUT2D eigenvalue weighted by Gasteiger charge is 2.26. The average Bonchev–Trinajstić information content (AvgIpc) is 3.25. The van der Waals surface area contributed by atoms with Gasteiger partial charge in [0.1, 0.15) is 0 Å². The van der Waals surface area contributed by atoms with Gasteiger partial charge in [0, 0.05) is 12.1 Å². The average molecular weight is 535 g/mol. The van der Waals surface area contributed by atoms with Crippen molar-refractivity contribution in [1.29, 1.82) is 0 Å². The molecule has 10 heteroatoms. The van der Waals surface area contributed by atoms with Gasteiger partial charge in [-0.25, -0.2) is 0 Å². The maximum atomic E-state index is 12.9. The van der Waals surface area contributed by atoms with Crippen molar-refractivity contribution < 1.29 is 9.59 Å². The Morgan fingerprint density at radius 1 is 1.00 bits per heavy atom. The molecule has 0 bridgehead atoms. The highest BCUT2D eigenvalue weighted by atomic mass is 35.5. The Kier molecular flexibility index (Phi) is 9.60. The van der Waals surface area contributed by atoms with E-state index in [1.807, 2.05) is 62.6 Å². The smallest absolute Gasteiger partial charge is 0.251 e. The van der Waals surface area contributed by atoms with E-state index in [-0.39, 0.29) is 35.6 Å². The van der Waals surface area contributed by atoms with E-state index in [1.165, 1.54) is 17.8 Å². The van der Waals surface area contributed by atoms with Gasteiger partial charge in [-0.1, -0.05) is 79.1 Å². The number of hydrogen-bond donors (Lipinski definition) is 2. The third-order valence-electron chi connectivity index (χ3n) is 5.48. The summed E-state index contributed by atoms with van der Waals surface area (Å²) in [7, 11) is 0. The maximum absolute atomic E-state index is 12.9. The van der Waals surface area contributed by atoms with Crippen LogP contribution in [0.25, 0.3) is 0 Å². The molecule has 0 aliphatic carbocycles. The number of halogens is 2. The number of amides is 2. The first-order valence-electron chi connectivity index (χ1n) is 11.4. The topological polar surface area (TPSA) is 88.9 Å². The second kappa shape index (κ2) is 12.4. The van der Waals surface area contributed by atoms with Crippen LogP contribution in [0.2, 0.25) is 10.0 Å². The Labute approximate surface area is 220 Å². The minimum atomic E-state index is -0.384. The second-order valence-corrected chi connectivity index (χ2v) is 10.2. The van der Waals surface area contributed by atoms with Crippen LogP contribution in [0.5, 0.6) is 0 Å². The number of hydrogen-bond acceptors (Lipinski definition) is 5. The quantitative estimate of drug-likeness (QED) is 0.326. The number of nitrogens with one attached hydrogen (secondary N) is 2. The van der Waals surface area contributed by atoms with Crippen LogP contribution in [-0.2, 0) is 11.3 Å². The summed E-state index contributed by atoms with van der Waals surface area (Å²) in [5.74, 6) is 0.515. The van der Waals surface area contributed by atoms with Crippen molar-refractivity contribution in [2.45, 2.75) is 51.5 Å². The summed E-state index contributed by atoms with van der Waals surface area (Å²) >= 11 is 13.4. The lowest BCUT2D eigenvalue weighted by atomic mass is 10.0. The molecule has 0 fully saturated rings. The zero-order valence-electron chi connectivity index (χ0n) is 20.1. The van der Waals surface area contributed by atoms with E-state index < -0.39 is 0 Å². The molecule has 0 saturated carbocycles. The van der Waals surface area contributed by atoms with Crippen LogP contribution in [0.15, 0.2) is 53.7 Å². The number of thioether (sulfide) groups is 1. The monoisotopic (exact) mass is 533 g/mol. The fourth-order valence-corrected chi connectivity index (χ4v) is 4.68. The fraction of sp³-hybridized carbons (Fsp3) is 0.360. The lowest BCUT2D eigenvalue weighted by molar-refractivity contribution is -0.119. The number of carbonyl (C=O) groups is 2. The summed E-state index contributed by atoms with van der Waals surface area (Å²) in [5.41, 5.74) is 1.45. The second-order valence-electron chi connectivity index (χ2n) is 8.40. The van der Waals surface area contributed by atoms with E-state index in [1.54, 1.807) is 12.1 Å². The number of carbonyl (C=O) groups excluding carboxylic acids is 2. The number of nitrogens with zero attached hydrogens (tertiary/aromatic N) is 3. The molecule has 0 aliphatic rings. The van der Waals surface area contributed by atoms with Crippen LogP contribution in [0.1, 0.15) is 61.5 Å². The van der Waals surface area contributed by atoms with Gasteiger partial charge >= 0.3 is 0 Å². The van der Waals surface area contributed by atoms with Gasteiger partial charge in [0.15, 0.2) is 11.0 Å². The standard InChI is InChI=1S/C25H29Cl2N5O2S/c1-5-32-23(22(15(2)3)29-24(34)18-11-12-19(26)20(27)13-18)30-31-25(32)35-14-21(33)28-16(4)17-9-7-6-8-10-17/h6-13,15-16,22H,5,14H2,1-4H3,(H,28,33)(H,29,34)/t16-,22+/m1/s1. The molecule has 1 heterocycles. The molecular formula is C25H29Cl2N5O2S. The molecule has 3 aromatic rings. The van der Waals surface area contributed by atoms with Gasteiger partial charge in [-0.3, -0.25) is 9.59 Å². The largest absolute Gasteiger partial charge is 0.349 e. The minimum absolute atomic E-state index is 0.0455. The zero-order chi connectivity index (χ0) is 25.5. The molecule has 0 radical (unpaired) electrons. The van der Waals surface area contributed by atoms with Crippen molar-refractivity contribution in [3.8, 4) is 0 Å². The maximum Gasteiger partial charge on any atom is 0.251 e. The Bertz CT molecular complexity index is 1170. The van der Waals surface area contributed by atoms with Gasteiger partial charge in [0.05, 0.1) is 27.9 Å². The molecule has 35 heavy (non-hydrogen) atoms. The van der Waals surface area contributed by atoms with E-state index >= 15 is 0 Å². The molecule has 2 aromatic carbocycles. The molecular weight excluding hydrogens is 505 g/mol. The predicted molar refractivity (Wildman–Crippen MR) is 141 cm³/mol. The summed E-state index contributed by atoms with van der Waals surface area (Å²) < 4.78 is 1.93. The van der Waals surface area contributed by atoms with Crippen LogP contribution in [0, 0.1) is 5.92 Å². The lowest BCUT2D eigenvalue weighted by Crippen LogP contribution is -2.34. The van der Waals surface area contributed by atoms with Crippen molar-refractivity contribution in [3.63, 3.8) is 0 Å². The predicted octanol–water partition coefficient (Wildman–Crippen LogP) is 5.70. The van der Waals surface area contributed by atoms with Crippen molar-refractivity contribution in [2.24, 2.45) is 5.92 Å². The Hall–Kier alpha value is -2.55. The van der Waals surface area contributed by atoms with Crippen molar-refractivity contribution >= 4 is 46.8 Å². The minimum Gasteiger partial charge on any atom is -0.349 e. The number of rotatable bonds is 10. The molecule has 2 amide bonds. The molecule has 2 N–H and O–H groups in total. The first kappa shape index (κ1) is 27.0. The molecule has 0 aliphatic heterocycles. The summed E-state index contributed by atoms with van der Waals surface area (Å²) in [4.78, 5) is 25.4. The van der Waals surface area contributed by atoms with Crippen molar-refractivity contribution in [2.75, 3.05) is 5.75 Å². The third-order valence-corrected chi connectivity index (χ3v) is 7.19. The van der Waals surface area contributed by atoms with Crippen LogP contribution in [-0.4, -0.2) is 32.3 Å². The van der Waals surface area contributed by atoms with Crippen molar-refractivity contribution in [3.05, 3.63) is 75.5 Å². The van der Waals surface area contributed by atoms with E-state index in [0.29, 0.717) is 33.1 Å². The highest BCUT2D eigenvalue weighted by Crippen LogP contribution is 2.27. The fourth-order valence-electron chi connectivity index (χ4n) is 3.56. The summed E-state index contributed by atoms with van der Waals surface area (Å²) in [6.07, 6.45) is 0. The van der Waals surface area contributed by atoms with Gasteiger partial charge in [-0.05, 0) is 43.5 Å². The van der Waals surface area contributed by atoms with Crippen molar-refractivity contribution in [1.82, 2.24) is 25.4 Å². The molecule has 7 nitrogen and oxygen atoms in total. The molecule has 0 spiro atoms. The van der Waals surface area contributed by atoms with Gasteiger partial charge in [0.25, 0.3) is 5.91 Å². The van der Waals surface area contributed by atoms with Crippen LogP contribution in [0.3, 0.4) is 0 Å². The van der Waals surface area contributed by atoms with E-state index in [9.17, 15) is 9.59 Å². The Morgan fingerprint density at radius 2 is 1.71 bits per heavy atom. The van der Waals surface area contributed by atoms with Crippen LogP contribution >= 0.6 is 35.0 Å². The van der Waals surface area contributed by atoms with E-state index in [2.05, 4.69) is 20.8 Å². The van der Waals surface area contributed by atoms with Crippen LogP contribution in [0.4, 0.5) is 0 Å².